The summed E-state index contributed by atoms with van der Waals surface area (Å²) in [6, 6.07) is 0. The summed E-state index contributed by atoms with van der Waals surface area (Å²) in [5.41, 5.74) is -1.03. The number of carbonyl (C=O) groups excluding carboxylic acids is 3. The Labute approximate surface area is 161 Å². The summed E-state index contributed by atoms with van der Waals surface area (Å²) in [4.78, 5) is 34.8. The maximum absolute atomic E-state index is 14.3. The van der Waals surface area contributed by atoms with Gasteiger partial charge in [-0.05, 0) is 51.9 Å². The molecule has 0 heterocycles. The van der Waals surface area contributed by atoms with E-state index in [2.05, 4.69) is 0 Å². The van der Waals surface area contributed by atoms with Crippen LogP contribution in [0.15, 0.2) is 10.7 Å². The maximum Gasteiger partial charge on any atom is 0.383 e. The van der Waals surface area contributed by atoms with Gasteiger partial charge in [-0.1, -0.05) is 0 Å². The highest BCUT2D eigenvalue weighted by molar-refractivity contribution is 7.97. The molecule has 4 rings (SSSR count). The van der Waals surface area contributed by atoms with Gasteiger partial charge in [0.2, 0.25) is 0 Å². The average Bonchev–Trinajstić information content (AvgIpc) is 2.55. The Balaban J connectivity index is 1.76. The summed E-state index contributed by atoms with van der Waals surface area (Å²) in [6.45, 7) is -0.210. The van der Waals surface area contributed by atoms with E-state index < -0.39 is 49.5 Å². The highest BCUT2D eigenvalue weighted by atomic mass is 32.2. The first-order valence-corrected chi connectivity index (χ1v) is 10.5. The van der Waals surface area contributed by atoms with E-state index in [1.165, 1.54) is 0 Å². The third kappa shape index (κ3) is 3.15. The molecule has 2 atom stereocenters. The van der Waals surface area contributed by atoms with Crippen molar-refractivity contribution in [3.8, 4) is 0 Å². The number of esters is 1. The number of aliphatic hydroxyl groups excluding tert-OH is 1. The van der Waals surface area contributed by atoms with Crippen LogP contribution in [-0.4, -0.2) is 42.9 Å². The number of carbonyl (C=O) groups is 3. The van der Waals surface area contributed by atoms with Crippen molar-refractivity contribution in [3.63, 3.8) is 0 Å². The Kier molecular flexibility index (Phi) is 4.92. The van der Waals surface area contributed by atoms with E-state index in [9.17, 15) is 36.7 Å². The molecule has 0 radical (unpaired) electrons. The van der Waals surface area contributed by atoms with E-state index in [0.717, 1.165) is 13.8 Å². The molecular weight excluding hydrogens is 398 g/mol. The Hall–Kier alpha value is -1.84. The highest BCUT2D eigenvalue weighted by Crippen LogP contribution is 2.59. The number of aliphatic hydroxyl groups is 1. The average molecular weight is 420 g/mol. The van der Waals surface area contributed by atoms with Gasteiger partial charge in [0.1, 0.15) is 11.5 Å². The standard InChI is InChI=1S/C18H22F2O7S/c1-9(21)15(10(2)22)28(25,26)18(19,20)8-27-16(24)17-5-11-3-12(6-17)14(23)13(4-11)7-17/h11-13,21H,3-8H2,1-2H3. The molecule has 0 aromatic heterocycles. The van der Waals surface area contributed by atoms with Gasteiger partial charge in [-0.2, -0.15) is 8.78 Å². The molecule has 4 aliphatic rings. The molecule has 7 nitrogen and oxygen atoms in total. The van der Waals surface area contributed by atoms with Crippen molar-refractivity contribution in [1.29, 1.82) is 0 Å². The first kappa shape index (κ1) is 20.9. The predicted molar refractivity (Wildman–Crippen MR) is 91.8 cm³/mol. The van der Waals surface area contributed by atoms with E-state index in [4.69, 9.17) is 4.74 Å². The monoisotopic (exact) mass is 420 g/mol. The van der Waals surface area contributed by atoms with Crippen LogP contribution < -0.4 is 0 Å². The molecule has 0 amide bonds. The van der Waals surface area contributed by atoms with Crippen molar-refractivity contribution in [1.82, 2.24) is 0 Å². The molecule has 0 spiro atoms. The van der Waals surface area contributed by atoms with Crippen LogP contribution in [0, 0.1) is 23.2 Å². The van der Waals surface area contributed by atoms with Crippen LogP contribution in [0.2, 0.25) is 0 Å². The van der Waals surface area contributed by atoms with Crippen molar-refractivity contribution in [2.45, 2.75) is 51.2 Å². The number of allylic oxidation sites excluding steroid dienone is 2. The van der Waals surface area contributed by atoms with Crippen molar-refractivity contribution in [3.05, 3.63) is 10.7 Å². The lowest BCUT2D eigenvalue weighted by Gasteiger charge is -2.53. The minimum absolute atomic E-state index is 0.113. The van der Waals surface area contributed by atoms with Gasteiger partial charge in [0, 0.05) is 11.8 Å². The van der Waals surface area contributed by atoms with Crippen molar-refractivity contribution in [2.24, 2.45) is 23.2 Å². The van der Waals surface area contributed by atoms with Gasteiger partial charge in [0.15, 0.2) is 17.3 Å². The van der Waals surface area contributed by atoms with Gasteiger partial charge >= 0.3 is 11.2 Å². The molecule has 4 saturated carbocycles. The van der Waals surface area contributed by atoms with Crippen LogP contribution in [0.1, 0.15) is 46.0 Å². The summed E-state index contributed by atoms with van der Waals surface area (Å²) in [7, 11) is -5.54. The molecule has 2 unspecified atom stereocenters. The SMILES string of the molecule is CC(=O)C(=C(C)O)S(=O)(=O)C(F)(F)COC(=O)C12CC3CC(C1)C(=O)C(C3)C2. The van der Waals surface area contributed by atoms with E-state index in [-0.39, 0.29) is 36.4 Å². The summed E-state index contributed by atoms with van der Waals surface area (Å²) in [5, 5.41) is 4.77. The van der Waals surface area contributed by atoms with Crippen molar-refractivity contribution < 1.29 is 41.4 Å². The van der Waals surface area contributed by atoms with Crippen LogP contribution in [0.5, 0.6) is 0 Å². The first-order valence-electron chi connectivity index (χ1n) is 9.05. The lowest BCUT2D eigenvalue weighted by atomic mass is 9.49. The molecule has 0 saturated heterocycles. The lowest BCUT2D eigenvalue weighted by Crippen LogP contribution is -2.55. The lowest BCUT2D eigenvalue weighted by molar-refractivity contribution is -0.178. The Bertz CT molecular complexity index is 852. The van der Waals surface area contributed by atoms with E-state index in [1.54, 1.807) is 0 Å². The van der Waals surface area contributed by atoms with Crippen LogP contribution in [0.25, 0.3) is 0 Å². The molecular formula is C18H22F2O7S. The number of sulfone groups is 1. The summed E-state index contributed by atoms with van der Waals surface area (Å²) in [6.07, 6.45) is 2.31. The Morgan fingerprint density at radius 2 is 1.71 bits per heavy atom. The molecule has 10 heteroatoms. The number of hydrogen-bond acceptors (Lipinski definition) is 7. The number of alkyl halides is 2. The second kappa shape index (κ2) is 6.60. The molecule has 0 aromatic carbocycles. The molecule has 1 N–H and O–H groups in total. The Morgan fingerprint density at radius 1 is 1.18 bits per heavy atom. The fourth-order valence-electron chi connectivity index (χ4n) is 5.17. The van der Waals surface area contributed by atoms with Crippen LogP contribution in [-0.2, 0) is 29.0 Å². The zero-order valence-corrected chi connectivity index (χ0v) is 16.4. The zero-order chi connectivity index (χ0) is 21.1. The number of Topliss-reactive ketones (excluding diaryl/α,β-unsaturated/α-hetero) is 2. The van der Waals surface area contributed by atoms with Gasteiger partial charge in [-0.3, -0.25) is 14.4 Å². The van der Waals surface area contributed by atoms with Gasteiger partial charge in [-0.15, -0.1) is 0 Å². The first-order chi connectivity index (χ1) is 12.8. The number of halogens is 2. The topological polar surface area (TPSA) is 115 Å². The molecule has 0 aliphatic heterocycles. The molecule has 4 aliphatic carbocycles. The van der Waals surface area contributed by atoms with Gasteiger partial charge in [0.05, 0.1) is 5.41 Å². The normalized spacial score (nSPS) is 32.9. The number of rotatable bonds is 6. The highest BCUT2D eigenvalue weighted by Gasteiger charge is 2.60. The molecule has 4 bridgehead atoms. The molecule has 4 fully saturated rings. The molecule has 156 valence electrons. The predicted octanol–water partition coefficient (Wildman–Crippen LogP) is 2.31. The maximum atomic E-state index is 14.3. The minimum Gasteiger partial charge on any atom is -0.511 e. The van der Waals surface area contributed by atoms with E-state index in [1.807, 2.05) is 0 Å². The van der Waals surface area contributed by atoms with Crippen LogP contribution in [0.3, 0.4) is 0 Å². The van der Waals surface area contributed by atoms with E-state index >= 15 is 0 Å². The third-order valence-electron chi connectivity index (χ3n) is 6.11. The fourth-order valence-corrected chi connectivity index (χ4v) is 6.45. The van der Waals surface area contributed by atoms with Crippen molar-refractivity contribution >= 4 is 27.4 Å². The summed E-state index contributed by atoms with van der Waals surface area (Å²) < 4.78 is 57.7. The number of hydrogen-bond donors (Lipinski definition) is 1. The smallest absolute Gasteiger partial charge is 0.383 e. The largest absolute Gasteiger partial charge is 0.511 e. The van der Waals surface area contributed by atoms with Gasteiger partial charge < -0.3 is 9.84 Å². The van der Waals surface area contributed by atoms with Gasteiger partial charge in [-0.25, -0.2) is 8.42 Å². The third-order valence-corrected chi connectivity index (χ3v) is 8.13. The summed E-state index contributed by atoms with van der Waals surface area (Å²) >= 11 is 0. The number of ketones is 2. The fraction of sp³-hybridized carbons (Fsp3) is 0.722. The van der Waals surface area contributed by atoms with Gasteiger partial charge in [0.25, 0.3) is 9.84 Å². The second-order valence-electron chi connectivity index (χ2n) is 8.21. The number of ether oxygens (including phenoxy) is 1. The zero-order valence-electron chi connectivity index (χ0n) is 15.5. The second-order valence-corrected chi connectivity index (χ2v) is 10.2. The Morgan fingerprint density at radius 3 is 2.18 bits per heavy atom. The molecule has 0 aromatic rings. The minimum atomic E-state index is -5.54. The quantitative estimate of drug-likeness (QED) is 0.398. The van der Waals surface area contributed by atoms with Crippen molar-refractivity contribution in [2.75, 3.05) is 6.61 Å². The van der Waals surface area contributed by atoms with Crippen LogP contribution in [0.4, 0.5) is 8.78 Å². The van der Waals surface area contributed by atoms with E-state index in [0.29, 0.717) is 19.3 Å². The molecule has 28 heavy (non-hydrogen) atoms. The summed E-state index contributed by atoms with van der Waals surface area (Å²) in [5.74, 6) is -3.50. The van der Waals surface area contributed by atoms with Crippen LogP contribution >= 0.6 is 0 Å².